The van der Waals surface area contributed by atoms with E-state index in [1.165, 1.54) is 28.0 Å². The minimum atomic E-state index is -3.88. The van der Waals surface area contributed by atoms with Crippen LogP contribution in [-0.4, -0.2) is 23.2 Å². The molecule has 0 saturated carbocycles. The van der Waals surface area contributed by atoms with Gasteiger partial charge in [-0.3, -0.25) is 9.82 Å². The predicted octanol–water partition coefficient (Wildman–Crippen LogP) is 7.48. The highest BCUT2D eigenvalue weighted by atomic mass is 35.5. The van der Waals surface area contributed by atoms with Crippen LogP contribution in [0.15, 0.2) is 83.2 Å². The van der Waals surface area contributed by atoms with Crippen LogP contribution in [0.2, 0.25) is 9.36 Å². The Morgan fingerprint density at radius 1 is 1.00 bits per heavy atom. The SMILES string of the molecule is Cn1cc(Cc2ccc3ccccc3c2)c2c(-c3cc(NS(=O)(=O)c4cc(Cl)c(Cl)s4)n[nH]3)cccc21. The second kappa shape index (κ2) is 9.22. The third-order valence-corrected chi connectivity index (χ3v) is 9.99. The van der Waals surface area contributed by atoms with E-state index in [0.717, 1.165) is 34.2 Å². The summed E-state index contributed by atoms with van der Waals surface area (Å²) in [6, 6.07) is 24.0. The van der Waals surface area contributed by atoms with E-state index in [1.807, 2.05) is 31.3 Å². The third kappa shape index (κ3) is 4.51. The van der Waals surface area contributed by atoms with E-state index in [1.54, 1.807) is 6.07 Å². The van der Waals surface area contributed by atoms with Crippen molar-refractivity contribution >= 4 is 72.1 Å². The van der Waals surface area contributed by atoms with Crippen LogP contribution in [0.5, 0.6) is 0 Å². The number of aryl methyl sites for hydroxylation is 1. The Labute approximate surface area is 227 Å². The van der Waals surface area contributed by atoms with Gasteiger partial charge in [-0.2, -0.15) is 5.10 Å². The molecule has 3 heterocycles. The van der Waals surface area contributed by atoms with E-state index in [2.05, 4.69) is 62.1 Å². The maximum Gasteiger partial charge on any atom is 0.272 e. The summed E-state index contributed by atoms with van der Waals surface area (Å²) in [6.07, 6.45) is 2.90. The number of sulfonamides is 1. The summed E-state index contributed by atoms with van der Waals surface area (Å²) in [5.41, 5.74) is 5.11. The molecule has 37 heavy (non-hydrogen) atoms. The molecule has 6 rings (SSSR count). The Hall–Kier alpha value is -3.30. The van der Waals surface area contributed by atoms with Crippen molar-refractivity contribution < 1.29 is 8.42 Å². The lowest BCUT2D eigenvalue weighted by Gasteiger charge is -2.07. The highest BCUT2D eigenvalue weighted by molar-refractivity contribution is 7.94. The van der Waals surface area contributed by atoms with Crippen LogP contribution in [0.25, 0.3) is 32.9 Å². The molecule has 0 bridgehead atoms. The van der Waals surface area contributed by atoms with Gasteiger partial charge < -0.3 is 4.57 Å². The molecule has 3 aromatic carbocycles. The van der Waals surface area contributed by atoms with Crippen LogP contribution in [-0.2, 0) is 23.5 Å². The Morgan fingerprint density at radius 2 is 1.81 bits per heavy atom. The lowest BCUT2D eigenvalue weighted by atomic mass is 9.97. The number of nitrogens with one attached hydrogen (secondary N) is 2. The van der Waals surface area contributed by atoms with Gasteiger partial charge in [0.15, 0.2) is 5.82 Å². The molecule has 0 unspecified atom stereocenters. The summed E-state index contributed by atoms with van der Waals surface area (Å²) in [6.45, 7) is 0. The number of fused-ring (bicyclic) bond motifs is 2. The molecule has 0 saturated heterocycles. The molecule has 0 aliphatic rings. The minimum Gasteiger partial charge on any atom is -0.350 e. The zero-order valence-corrected chi connectivity index (χ0v) is 22.6. The number of aromatic nitrogens is 3. The van der Waals surface area contributed by atoms with Crippen LogP contribution in [0.1, 0.15) is 11.1 Å². The number of aromatic amines is 1. The molecule has 6 nitrogen and oxygen atoms in total. The highest BCUT2D eigenvalue weighted by Gasteiger charge is 2.21. The molecule has 186 valence electrons. The molecule has 0 amide bonds. The molecule has 10 heteroatoms. The number of rotatable bonds is 6. The fourth-order valence-corrected chi connectivity index (χ4v) is 7.50. The summed E-state index contributed by atoms with van der Waals surface area (Å²) in [4.78, 5) is 0. The normalized spacial score (nSPS) is 12.0. The second-order valence-electron chi connectivity index (χ2n) is 8.78. The van der Waals surface area contributed by atoms with Gasteiger partial charge in [-0.05, 0) is 40.5 Å². The van der Waals surface area contributed by atoms with Gasteiger partial charge in [0.25, 0.3) is 10.0 Å². The predicted molar refractivity (Wildman–Crippen MR) is 152 cm³/mol. The lowest BCUT2D eigenvalue weighted by Crippen LogP contribution is -2.11. The Morgan fingerprint density at radius 3 is 2.59 bits per heavy atom. The second-order valence-corrected chi connectivity index (χ2v) is 12.8. The van der Waals surface area contributed by atoms with Gasteiger partial charge in [0.1, 0.15) is 8.55 Å². The molecule has 0 atom stereocenters. The molecule has 0 aliphatic heterocycles. The van der Waals surface area contributed by atoms with Crippen molar-refractivity contribution in [3.8, 4) is 11.3 Å². The summed E-state index contributed by atoms with van der Waals surface area (Å²) >= 11 is 12.8. The van der Waals surface area contributed by atoms with Gasteiger partial charge in [0.2, 0.25) is 0 Å². The molecule has 0 radical (unpaired) electrons. The van der Waals surface area contributed by atoms with Crippen LogP contribution < -0.4 is 4.72 Å². The van der Waals surface area contributed by atoms with Gasteiger partial charge in [-0.1, -0.05) is 77.8 Å². The molecule has 2 N–H and O–H groups in total. The van der Waals surface area contributed by atoms with E-state index in [-0.39, 0.29) is 19.4 Å². The number of hydrogen-bond donors (Lipinski definition) is 2. The van der Waals surface area contributed by atoms with Crippen molar-refractivity contribution in [3.05, 3.63) is 99.5 Å². The first-order chi connectivity index (χ1) is 17.8. The Kier molecular flexibility index (Phi) is 6.00. The van der Waals surface area contributed by atoms with Gasteiger partial charge in [0.05, 0.1) is 10.7 Å². The van der Waals surface area contributed by atoms with Gasteiger partial charge in [-0.15, -0.1) is 11.3 Å². The summed E-state index contributed by atoms with van der Waals surface area (Å²) in [5, 5.41) is 10.9. The van der Waals surface area contributed by atoms with Crippen molar-refractivity contribution in [3.63, 3.8) is 0 Å². The quantitative estimate of drug-likeness (QED) is 0.219. The number of hydrogen-bond acceptors (Lipinski definition) is 4. The van der Waals surface area contributed by atoms with E-state index < -0.39 is 10.0 Å². The zero-order chi connectivity index (χ0) is 25.7. The molecular formula is C27H20Cl2N4O2S2. The molecule has 0 spiro atoms. The van der Waals surface area contributed by atoms with Crippen LogP contribution in [0.4, 0.5) is 5.82 Å². The first kappa shape index (κ1) is 24.1. The van der Waals surface area contributed by atoms with Gasteiger partial charge in [0, 0.05) is 35.8 Å². The Bertz CT molecular complexity index is 1890. The molecule has 6 aromatic rings. The number of anilines is 1. The smallest absolute Gasteiger partial charge is 0.272 e. The average Bonchev–Trinajstić information content (AvgIpc) is 3.57. The lowest BCUT2D eigenvalue weighted by molar-refractivity contribution is 0.603. The standard InChI is InChI=1S/C27H20Cl2N4O2S2/c1-33-15-19(12-16-9-10-17-5-2-3-6-18(17)11-16)26-20(7-4-8-23(26)33)22-14-24(31-30-22)32-37(34,35)25-13-21(28)27(29)36-25/h2-11,13-15H,12H2,1H3,(H2,30,31,32). The van der Waals surface area contributed by atoms with E-state index >= 15 is 0 Å². The molecule has 0 aliphatic carbocycles. The number of halogens is 2. The maximum absolute atomic E-state index is 12.8. The first-order valence-electron chi connectivity index (χ1n) is 11.4. The maximum atomic E-state index is 12.8. The minimum absolute atomic E-state index is 0.0230. The van der Waals surface area contributed by atoms with Crippen LogP contribution >= 0.6 is 34.5 Å². The van der Waals surface area contributed by atoms with Crippen molar-refractivity contribution in [2.24, 2.45) is 7.05 Å². The topological polar surface area (TPSA) is 79.8 Å². The van der Waals surface area contributed by atoms with Gasteiger partial charge >= 0.3 is 0 Å². The molecule has 0 fully saturated rings. The van der Waals surface area contributed by atoms with E-state index in [9.17, 15) is 8.42 Å². The number of thiophene rings is 1. The fraction of sp³-hybridized carbons (Fsp3) is 0.0741. The molecule has 3 aromatic heterocycles. The third-order valence-electron chi connectivity index (χ3n) is 6.30. The summed E-state index contributed by atoms with van der Waals surface area (Å²) in [7, 11) is -1.85. The van der Waals surface area contributed by atoms with Crippen LogP contribution in [0.3, 0.4) is 0 Å². The summed E-state index contributed by atoms with van der Waals surface area (Å²) in [5.74, 6) is 0.180. The fourth-order valence-electron chi connectivity index (χ4n) is 4.63. The first-order valence-corrected chi connectivity index (χ1v) is 14.4. The van der Waals surface area contributed by atoms with Gasteiger partial charge in [-0.25, -0.2) is 8.42 Å². The Balaban J connectivity index is 1.36. The van der Waals surface area contributed by atoms with Crippen molar-refractivity contribution in [1.82, 2.24) is 14.8 Å². The average molecular weight is 568 g/mol. The van der Waals surface area contributed by atoms with Crippen molar-refractivity contribution in [2.45, 2.75) is 10.6 Å². The number of nitrogens with zero attached hydrogens (tertiary/aromatic N) is 2. The zero-order valence-electron chi connectivity index (χ0n) is 19.5. The highest BCUT2D eigenvalue weighted by Crippen LogP contribution is 2.36. The number of H-pyrrole nitrogens is 1. The van der Waals surface area contributed by atoms with Crippen molar-refractivity contribution in [2.75, 3.05) is 4.72 Å². The largest absolute Gasteiger partial charge is 0.350 e. The van der Waals surface area contributed by atoms with E-state index in [4.69, 9.17) is 23.2 Å². The number of benzene rings is 3. The summed E-state index contributed by atoms with van der Waals surface area (Å²) < 4.78 is 30.5. The van der Waals surface area contributed by atoms with Crippen LogP contribution in [0, 0.1) is 0 Å². The molecular weight excluding hydrogens is 547 g/mol. The van der Waals surface area contributed by atoms with Crippen molar-refractivity contribution in [1.29, 1.82) is 0 Å². The van der Waals surface area contributed by atoms with E-state index in [0.29, 0.717) is 5.69 Å². The monoisotopic (exact) mass is 566 g/mol.